The first-order valence-electron chi connectivity index (χ1n) is 6.40. The van der Waals surface area contributed by atoms with E-state index in [1.54, 1.807) is 19.1 Å². The Labute approximate surface area is 113 Å². The summed E-state index contributed by atoms with van der Waals surface area (Å²) in [5, 5.41) is 0. The molecular weight excluding hydrogens is 241 g/mol. The third kappa shape index (κ3) is 3.12. The van der Waals surface area contributed by atoms with Crippen molar-refractivity contribution in [1.82, 2.24) is 0 Å². The van der Waals surface area contributed by atoms with Gasteiger partial charge in [-0.25, -0.2) is 4.39 Å². The number of para-hydroxylation sites is 1. The van der Waals surface area contributed by atoms with Gasteiger partial charge in [-0.3, -0.25) is 0 Å². The van der Waals surface area contributed by atoms with Crippen LogP contribution in [0, 0.1) is 12.7 Å². The molecule has 0 aliphatic carbocycles. The Kier molecular flexibility index (Phi) is 4.17. The Morgan fingerprint density at radius 1 is 1.21 bits per heavy atom. The zero-order chi connectivity index (χ0) is 13.8. The summed E-state index contributed by atoms with van der Waals surface area (Å²) in [5.74, 6) is 1.11. The molecule has 3 heteroatoms. The van der Waals surface area contributed by atoms with Gasteiger partial charge in [0.05, 0.1) is 0 Å². The maximum Gasteiger partial charge on any atom is 0.132 e. The van der Waals surface area contributed by atoms with Gasteiger partial charge in [0.2, 0.25) is 0 Å². The predicted molar refractivity (Wildman–Crippen MR) is 74.9 cm³/mol. The molecule has 0 saturated heterocycles. The lowest BCUT2D eigenvalue weighted by molar-refractivity contribution is 0.466. The SMILES string of the molecule is CC[C@H](N)c1ccccc1Oc1ccc(F)c(C)c1. The van der Waals surface area contributed by atoms with E-state index < -0.39 is 0 Å². The van der Waals surface area contributed by atoms with Crippen LogP contribution in [0.1, 0.15) is 30.5 Å². The van der Waals surface area contributed by atoms with Gasteiger partial charge in [-0.15, -0.1) is 0 Å². The van der Waals surface area contributed by atoms with E-state index in [9.17, 15) is 4.39 Å². The molecule has 0 unspecified atom stereocenters. The summed E-state index contributed by atoms with van der Waals surface area (Å²) in [6.07, 6.45) is 0.836. The lowest BCUT2D eigenvalue weighted by atomic mass is 10.0. The molecule has 0 aromatic heterocycles. The molecule has 2 aromatic rings. The number of benzene rings is 2. The van der Waals surface area contributed by atoms with E-state index in [-0.39, 0.29) is 11.9 Å². The zero-order valence-electron chi connectivity index (χ0n) is 11.2. The van der Waals surface area contributed by atoms with Crippen LogP contribution in [-0.2, 0) is 0 Å². The number of nitrogens with two attached hydrogens (primary N) is 1. The minimum Gasteiger partial charge on any atom is -0.457 e. The first-order valence-corrected chi connectivity index (χ1v) is 6.40. The minimum absolute atomic E-state index is 0.0576. The van der Waals surface area contributed by atoms with Crippen molar-refractivity contribution in [2.24, 2.45) is 5.73 Å². The van der Waals surface area contributed by atoms with E-state index in [2.05, 4.69) is 0 Å². The molecule has 0 radical (unpaired) electrons. The molecule has 2 nitrogen and oxygen atoms in total. The van der Waals surface area contributed by atoms with E-state index in [0.717, 1.165) is 17.7 Å². The Hall–Kier alpha value is -1.87. The molecule has 0 amide bonds. The van der Waals surface area contributed by atoms with E-state index in [4.69, 9.17) is 10.5 Å². The largest absolute Gasteiger partial charge is 0.457 e. The van der Waals surface area contributed by atoms with Gasteiger partial charge in [0.15, 0.2) is 0 Å². The molecule has 0 aliphatic heterocycles. The smallest absolute Gasteiger partial charge is 0.132 e. The molecular formula is C16H18FNO. The first-order chi connectivity index (χ1) is 9.11. The van der Waals surface area contributed by atoms with Gasteiger partial charge in [-0.1, -0.05) is 25.1 Å². The lowest BCUT2D eigenvalue weighted by Crippen LogP contribution is -2.09. The average molecular weight is 259 g/mol. The Morgan fingerprint density at radius 3 is 2.63 bits per heavy atom. The van der Waals surface area contributed by atoms with Crippen LogP contribution in [0.5, 0.6) is 11.5 Å². The topological polar surface area (TPSA) is 35.2 Å². The molecule has 1 atom stereocenters. The van der Waals surface area contributed by atoms with Crippen molar-refractivity contribution >= 4 is 0 Å². The van der Waals surface area contributed by atoms with Gasteiger partial charge in [-0.05, 0) is 43.2 Å². The van der Waals surface area contributed by atoms with Crippen molar-refractivity contribution in [2.45, 2.75) is 26.3 Å². The second-order valence-electron chi connectivity index (χ2n) is 4.57. The molecule has 0 fully saturated rings. The van der Waals surface area contributed by atoms with E-state index in [0.29, 0.717) is 11.3 Å². The van der Waals surface area contributed by atoms with E-state index >= 15 is 0 Å². The predicted octanol–water partition coefficient (Wildman–Crippen LogP) is 4.34. The number of halogens is 1. The fourth-order valence-corrected chi connectivity index (χ4v) is 1.91. The van der Waals surface area contributed by atoms with Gasteiger partial charge >= 0.3 is 0 Å². The summed E-state index contributed by atoms with van der Waals surface area (Å²) in [7, 11) is 0. The lowest BCUT2D eigenvalue weighted by Gasteiger charge is -2.15. The molecule has 0 bridgehead atoms. The molecule has 2 rings (SSSR count). The van der Waals surface area contributed by atoms with Crippen LogP contribution < -0.4 is 10.5 Å². The monoisotopic (exact) mass is 259 g/mol. The summed E-state index contributed by atoms with van der Waals surface area (Å²) < 4.78 is 19.0. The van der Waals surface area contributed by atoms with Crippen molar-refractivity contribution in [2.75, 3.05) is 0 Å². The highest BCUT2D eigenvalue weighted by Gasteiger charge is 2.11. The summed E-state index contributed by atoms with van der Waals surface area (Å²) in [4.78, 5) is 0. The Morgan fingerprint density at radius 2 is 1.95 bits per heavy atom. The van der Waals surface area contributed by atoms with Gasteiger partial charge in [0.25, 0.3) is 0 Å². The van der Waals surface area contributed by atoms with E-state index in [1.165, 1.54) is 6.07 Å². The fourth-order valence-electron chi connectivity index (χ4n) is 1.91. The summed E-state index contributed by atoms with van der Waals surface area (Å²) in [5.41, 5.74) is 7.59. The standard InChI is InChI=1S/C16H18FNO/c1-3-15(18)13-6-4-5-7-16(13)19-12-8-9-14(17)11(2)10-12/h4-10,15H,3,18H2,1-2H3/t15-/m0/s1. The second-order valence-corrected chi connectivity index (χ2v) is 4.57. The van der Waals surface area contributed by atoms with Crippen LogP contribution in [-0.4, -0.2) is 0 Å². The number of hydrogen-bond acceptors (Lipinski definition) is 2. The molecule has 100 valence electrons. The van der Waals surface area contributed by atoms with Crippen LogP contribution in [0.2, 0.25) is 0 Å². The van der Waals surface area contributed by atoms with Crippen LogP contribution >= 0.6 is 0 Å². The number of aryl methyl sites for hydroxylation is 1. The third-order valence-electron chi connectivity index (χ3n) is 3.12. The quantitative estimate of drug-likeness (QED) is 0.886. The van der Waals surface area contributed by atoms with Crippen molar-refractivity contribution in [3.05, 3.63) is 59.4 Å². The number of hydrogen-bond donors (Lipinski definition) is 1. The van der Waals surface area contributed by atoms with Crippen LogP contribution in [0.3, 0.4) is 0 Å². The van der Waals surface area contributed by atoms with Crippen molar-refractivity contribution < 1.29 is 9.13 Å². The number of ether oxygens (including phenoxy) is 1. The maximum absolute atomic E-state index is 13.2. The summed E-state index contributed by atoms with van der Waals surface area (Å²) in [6.45, 7) is 3.75. The highest BCUT2D eigenvalue weighted by Crippen LogP contribution is 2.30. The van der Waals surface area contributed by atoms with Gasteiger partial charge in [-0.2, -0.15) is 0 Å². The van der Waals surface area contributed by atoms with Gasteiger partial charge < -0.3 is 10.5 Å². The average Bonchev–Trinajstić information content (AvgIpc) is 2.43. The minimum atomic E-state index is -0.231. The molecule has 0 heterocycles. The fraction of sp³-hybridized carbons (Fsp3) is 0.250. The molecule has 0 saturated carbocycles. The summed E-state index contributed by atoms with van der Waals surface area (Å²) >= 11 is 0. The molecule has 2 N–H and O–H groups in total. The van der Waals surface area contributed by atoms with Crippen molar-refractivity contribution in [3.63, 3.8) is 0 Å². The highest BCUT2D eigenvalue weighted by molar-refractivity contribution is 5.40. The van der Waals surface area contributed by atoms with Crippen molar-refractivity contribution in [1.29, 1.82) is 0 Å². The maximum atomic E-state index is 13.2. The Balaban J connectivity index is 2.30. The molecule has 19 heavy (non-hydrogen) atoms. The molecule has 2 aromatic carbocycles. The normalized spacial score (nSPS) is 12.2. The van der Waals surface area contributed by atoms with Gasteiger partial charge in [0, 0.05) is 11.6 Å². The summed E-state index contributed by atoms with van der Waals surface area (Å²) in [6, 6.07) is 12.3. The molecule has 0 spiro atoms. The van der Waals surface area contributed by atoms with Crippen molar-refractivity contribution in [3.8, 4) is 11.5 Å². The first kappa shape index (κ1) is 13.6. The van der Waals surface area contributed by atoms with Crippen LogP contribution in [0.25, 0.3) is 0 Å². The number of rotatable bonds is 4. The van der Waals surface area contributed by atoms with Crippen LogP contribution in [0.15, 0.2) is 42.5 Å². The zero-order valence-corrected chi connectivity index (χ0v) is 11.2. The van der Waals surface area contributed by atoms with Crippen LogP contribution in [0.4, 0.5) is 4.39 Å². The highest BCUT2D eigenvalue weighted by atomic mass is 19.1. The Bertz CT molecular complexity index is 568. The molecule has 0 aliphatic rings. The second kappa shape index (κ2) is 5.85. The van der Waals surface area contributed by atoms with E-state index in [1.807, 2.05) is 31.2 Å². The third-order valence-corrected chi connectivity index (χ3v) is 3.12. The van der Waals surface area contributed by atoms with Gasteiger partial charge in [0.1, 0.15) is 17.3 Å².